The number of rotatable bonds is 6. The molecule has 5 rings (SSSR count). The van der Waals surface area contributed by atoms with Crippen molar-refractivity contribution in [1.29, 1.82) is 5.26 Å². The topological polar surface area (TPSA) is 99.3 Å². The maximum absolute atomic E-state index is 12.6. The summed E-state index contributed by atoms with van der Waals surface area (Å²) in [6.07, 6.45) is 2.19. The highest BCUT2D eigenvalue weighted by Crippen LogP contribution is 2.32. The lowest BCUT2D eigenvalue weighted by molar-refractivity contribution is 0.291. The lowest BCUT2D eigenvalue weighted by atomic mass is 9.97. The molecule has 4 aromatic rings. The predicted molar refractivity (Wildman–Crippen MR) is 129 cm³/mol. The van der Waals surface area contributed by atoms with Crippen molar-refractivity contribution in [2.45, 2.75) is 19.6 Å². The van der Waals surface area contributed by atoms with E-state index in [2.05, 4.69) is 16.0 Å². The molecule has 0 saturated carbocycles. The first-order chi connectivity index (χ1) is 17.0. The van der Waals surface area contributed by atoms with E-state index in [0.29, 0.717) is 28.8 Å². The van der Waals surface area contributed by atoms with Crippen molar-refractivity contribution in [2.24, 2.45) is 0 Å². The number of halogens is 1. The van der Waals surface area contributed by atoms with Crippen molar-refractivity contribution in [3.8, 4) is 40.6 Å². The molecule has 35 heavy (non-hydrogen) atoms. The Morgan fingerprint density at radius 2 is 2.00 bits per heavy atom. The summed E-state index contributed by atoms with van der Waals surface area (Å²) in [5, 5.41) is 10.1. The summed E-state index contributed by atoms with van der Waals surface area (Å²) in [6.45, 7) is 0.663. The van der Waals surface area contributed by atoms with Crippen molar-refractivity contribution in [3.63, 3.8) is 0 Å². The van der Waals surface area contributed by atoms with Crippen molar-refractivity contribution < 1.29 is 14.2 Å². The Morgan fingerprint density at radius 3 is 2.77 bits per heavy atom. The summed E-state index contributed by atoms with van der Waals surface area (Å²) in [6, 6.07) is 18.1. The van der Waals surface area contributed by atoms with E-state index in [1.165, 1.54) is 6.20 Å². The first kappa shape index (κ1) is 22.4. The lowest BCUT2D eigenvalue weighted by Crippen LogP contribution is -2.28. The number of aromatic nitrogens is 3. The van der Waals surface area contributed by atoms with Gasteiger partial charge in [0.05, 0.1) is 23.4 Å². The fraction of sp³-hybridized carbons (Fsp3) is 0.154. The molecule has 1 aliphatic rings. The zero-order valence-corrected chi connectivity index (χ0v) is 19.5. The average molecular weight is 487 g/mol. The fourth-order valence-corrected chi connectivity index (χ4v) is 4.03. The first-order valence-electron chi connectivity index (χ1n) is 10.8. The van der Waals surface area contributed by atoms with E-state index in [9.17, 15) is 10.1 Å². The molecule has 3 heterocycles. The zero-order chi connectivity index (χ0) is 24.4. The van der Waals surface area contributed by atoms with E-state index in [4.69, 9.17) is 25.8 Å². The molecule has 8 nitrogen and oxygen atoms in total. The first-order valence-corrected chi connectivity index (χ1v) is 11.2. The van der Waals surface area contributed by atoms with Crippen LogP contribution in [0.4, 0.5) is 0 Å². The van der Waals surface area contributed by atoms with Crippen LogP contribution < -0.4 is 19.9 Å². The highest BCUT2D eigenvalue weighted by atomic mass is 35.5. The molecule has 0 unspecified atom stereocenters. The van der Waals surface area contributed by atoms with Crippen molar-refractivity contribution in [2.75, 3.05) is 7.11 Å². The van der Waals surface area contributed by atoms with Gasteiger partial charge in [-0.3, -0.25) is 4.57 Å². The van der Waals surface area contributed by atoms with E-state index >= 15 is 0 Å². The second kappa shape index (κ2) is 9.49. The Morgan fingerprint density at radius 1 is 1.11 bits per heavy atom. The van der Waals surface area contributed by atoms with Gasteiger partial charge in [-0.1, -0.05) is 17.7 Å². The third-order valence-corrected chi connectivity index (χ3v) is 5.87. The molecule has 0 aliphatic carbocycles. The number of ether oxygens (including phenoxy) is 3. The van der Waals surface area contributed by atoms with Crippen LogP contribution in [-0.4, -0.2) is 21.6 Å². The van der Waals surface area contributed by atoms with Gasteiger partial charge in [0.2, 0.25) is 11.8 Å². The number of hydrogen-bond acceptors (Lipinski definition) is 7. The number of benzene rings is 2. The summed E-state index contributed by atoms with van der Waals surface area (Å²) >= 11 is 5.85. The number of pyridine rings is 1. The number of hydrogen-bond donors (Lipinski definition) is 0. The van der Waals surface area contributed by atoms with Crippen LogP contribution in [0.5, 0.6) is 23.3 Å². The third-order valence-electron chi connectivity index (χ3n) is 5.65. The lowest BCUT2D eigenvalue weighted by Gasteiger charge is -2.22. The summed E-state index contributed by atoms with van der Waals surface area (Å²) in [5.74, 6) is 1.68. The second-order valence-corrected chi connectivity index (χ2v) is 8.27. The van der Waals surface area contributed by atoms with Gasteiger partial charge in [0.15, 0.2) is 0 Å². The Kier molecular flexibility index (Phi) is 6.08. The van der Waals surface area contributed by atoms with Crippen LogP contribution in [0.25, 0.3) is 11.3 Å². The van der Waals surface area contributed by atoms with E-state index in [-0.39, 0.29) is 18.2 Å². The molecule has 0 fully saturated rings. The maximum atomic E-state index is 12.6. The van der Waals surface area contributed by atoms with Crippen LogP contribution in [0.15, 0.2) is 65.6 Å². The number of nitrogens with zero attached hydrogens (tertiary/aromatic N) is 4. The number of aryl methyl sites for hydroxylation is 1. The molecule has 0 bridgehead atoms. The minimum Gasteiger partial charge on any atom is -0.497 e. The van der Waals surface area contributed by atoms with Crippen molar-refractivity contribution >= 4 is 11.6 Å². The minimum atomic E-state index is -0.365. The number of fused-ring (bicyclic) bond motifs is 3. The van der Waals surface area contributed by atoms with E-state index in [1.807, 2.05) is 18.2 Å². The Labute approximate surface area is 205 Å². The van der Waals surface area contributed by atoms with Gasteiger partial charge in [0.1, 0.15) is 24.2 Å². The quantitative estimate of drug-likeness (QED) is 0.387. The molecule has 0 N–H and O–H groups in total. The van der Waals surface area contributed by atoms with Gasteiger partial charge in [0, 0.05) is 30.4 Å². The summed E-state index contributed by atoms with van der Waals surface area (Å²) in [5.41, 5.74) is 3.49. The summed E-state index contributed by atoms with van der Waals surface area (Å²) in [7, 11) is 1.63. The Hall–Kier alpha value is -4.35. The molecular formula is C26H19ClN4O4. The van der Waals surface area contributed by atoms with Gasteiger partial charge in [-0.2, -0.15) is 10.2 Å². The highest BCUT2D eigenvalue weighted by molar-refractivity contribution is 6.30. The molecule has 0 spiro atoms. The zero-order valence-electron chi connectivity index (χ0n) is 18.7. The van der Waals surface area contributed by atoms with Crippen molar-refractivity contribution in [1.82, 2.24) is 14.5 Å². The smallest absolute Gasteiger partial charge is 0.351 e. The molecule has 1 aliphatic heterocycles. The Balaban J connectivity index is 1.36. The van der Waals surface area contributed by atoms with Gasteiger partial charge in [-0.25, -0.2) is 9.78 Å². The van der Waals surface area contributed by atoms with Gasteiger partial charge in [0.25, 0.3) is 0 Å². The van der Waals surface area contributed by atoms with Gasteiger partial charge in [-0.05, 0) is 53.9 Å². The van der Waals surface area contributed by atoms with Crippen LogP contribution in [0.3, 0.4) is 0 Å². The third kappa shape index (κ3) is 4.67. The fourth-order valence-electron chi connectivity index (χ4n) is 3.92. The molecule has 0 radical (unpaired) electrons. The molecule has 2 aromatic heterocycles. The maximum Gasteiger partial charge on any atom is 0.351 e. The minimum absolute atomic E-state index is 0.125. The van der Waals surface area contributed by atoms with Crippen LogP contribution in [-0.2, 0) is 19.6 Å². The van der Waals surface area contributed by atoms with Gasteiger partial charge >= 0.3 is 5.69 Å². The SMILES string of the molecule is COc1ccc2c(c1)CCn1c-2cc(OCc2ccc(Oc3ccc(Cl)cn3)c(C#N)c2)nc1=O. The summed E-state index contributed by atoms with van der Waals surface area (Å²) < 4.78 is 18.5. The van der Waals surface area contributed by atoms with Gasteiger partial charge < -0.3 is 14.2 Å². The largest absolute Gasteiger partial charge is 0.497 e. The molecule has 0 amide bonds. The van der Waals surface area contributed by atoms with Crippen molar-refractivity contribution in [3.05, 3.63) is 93.0 Å². The molecule has 0 saturated heterocycles. The molecule has 0 atom stereocenters. The molecule has 9 heteroatoms. The Bertz CT molecular complexity index is 1510. The molecule has 174 valence electrons. The van der Waals surface area contributed by atoms with Gasteiger partial charge in [-0.15, -0.1) is 0 Å². The molecule has 2 aromatic carbocycles. The average Bonchev–Trinajstić information content (AvgIpc) is 2.88. The monoisotopic (exact) mass is 486 g/mol. The van der Waals surface area contributed by atoms with E-state index in [1.54, 1.807) is 48.1 Å². The normalized spacial score (nSPS) is 11.7. The molecular weight excluding hydrogens is 468 g/mol. The van der Waals surface area contributed by atoms with Crippen LogP contribution in [0.1, 0.15) is 16.7 Å². The van der Waals surface area contributed by atoms with Crippen LogP contribution in [0, 0.1) is 11.3 Å². The highest BCUT2D eigenvalue weighted by Gasteiger charge is 2.20. The van der Waals surface area contributed by atoms with E-state index in [0.717, 1.165) is 34.6 Å². The predicted octanol–water partition coefficient (Wildman–Crippen LogP) is 4.77. The second-order valence-electron chi connectivity index (χ2n) is 7.83. The standard InChI is InChI=1S/C26H19ClN4O4/c1-33-20-4-5-21-17(11-20)8-9-31-22(21)12-25(30-26(31)32)34-15-16-2-6-23(18(10-16)13-28)35-24-7-3-19(27)14-29-24/h2-7,10-12,14H,8-9,15H2,1H3. The van der Waals surface area contributed by atoms with Crippen LogP contribution >= 0.6 is 11.6 Å². The van der Waals surface area contributed by atoms with Crippen LogP contribution in [0.2, 0.25) is 5.02 Å². The summed E-state index contributed by atoms with van der Waals surface area (Å²) in [4.78, 5) is 20.8. The van der Waals surface area contributed by atoms with E-state index < -0.39 is 0 Å². The number of nitriles is 1. The number of methoxy groups -OCH3 is 1.